The van der Waals surface area contributed by atoms with E-state index in [1.807, 2.05) is 38.1 Å². The number of hydrogen-bond acceptors (Lipinski definition) is 2. The molecule has 1 N–H and O–H groups in total. The molecule has 2 fully saturated rings. The average molecular weight is 336 g/mol. The van der Waals surface area contributed by atoms with Crippen LogP contribution in [0.2, 0.25) is 5.02 Å². The van der Waals surface area contributed by atoms with Crippen molar-refractivity contribution in [2.24, 2.45) is 17.3 Å². The third kappa shape index (κ3) is 2.74. The van der Waals surface area contributed by atoms with E-state index in [9.17, 15) is 14.7 Å². The molecule has 0 radical (unpaired) electrons. The fourth-order valence-electron chi connectivity index (χ4n) is 3.74. The maximum atomic E-state index is 12.7. The highest BCUT2D eigenvalue weighted by Gasteiger charge is 2.52. The average Bonchev–Trinajstić information content (AvgIpc) is 3.15. The largest absolute Gasteiger partial charge is 0.481 e. The predicted molar refractivity (Wildman–Crippen MR) is 88.4 cm³/mol. The zero-order valence-electron chi connectivity index (χ0n) is 13.5. The summed E-state index contributed by atoms with van der Waals surface area (Å²) in [5.41, 5.74) is 0.227. The van der Waals surface area contributed by atoms with E-state index < -0.39 is 11.4 Å². The smallest absolute Gasteiger partial charge is 0.311 e. The lowest BCUT2D eigenvalue weighted by Gasteiger charge is -2.28. The monoisotopic (exact) mass is 335 g/mol. The normalized spacial score (nSPS) is 29.8. The SMILES string of the molecule is CC(C)C1(C(=O)O)CCN(C(=O)C2CC2c2ccccc2Cl)C1. The highest BCUT2D eigenvalue weighted by Crippen LogP contribution is 2.51. The Morgan fingerprint density at radius 1 is 1.35 bits per heavy atom. The molecule has 4 nitrogen and oxygen atoms in total. The zero-order valence-corrected chi connectivity index (χ0v) is 14.2. The Labute approximate surface area is 141 Å². The van der Waals surface area contributed by atoms with Crippen molar-refractivity contribution in [3.05, 3.63) is 34.9 Å². The number of likely N-dealkylation sites (tertiary alicyclic amines) is 1. The van der Waals surface area contributed by atoms with E-state index >= 15 is 0 Å². The van der Waals surface area contributed by atoms with Crippen LogP contribution in [-0.4, -0.2) is 35.0 Å². The summed E-state index contributed by atoms with van der Waals surface area (Å²) in [6.07, 6.45) is 1.34. The van der Waals surface area contributed by atoms with Crippen LogP contribution in [0.5, 0.6) is 0 Å². The molecule has 3 atom stereocenters. The fraction of sp³-hybridized carbons (Fsp3) is 0.556. The van der Waals surface area contributed by atoms with E-state index in [1.165, 1.54) is 0 Å². The Hall–Kier alpha value is -1.55. The molecule has 0 aromatic heterocycles. The topological polar surface area (TPSA) is 57.6 Å². The molecule has 1 amide bonds. The number of carboxylic acid groups (broad SMARTS) is 1. The summed E-state index contributed by atoms with van der Waals surface area (Å²) in [5, 5.41) is 10.3. The molecule has 0 bridgehead atoms. The summed E-state index contributed by atoms with van der Waals surface area (Å²) < 4.78 is 0. The maximum absolute atomic E-state index is 12.7. The number of benzene rings is 1. The van der Waals surface area contributed by atoms with Gasteiger partial charge in [0.05, 0.1) is 5.41 Å². The first-order chi connectivity index (χ1) is 10.9. The lowest BCUT2D eigenvalue weighted by atomic mass is 9.76. The van der Waals surface area contributed by atoms with E-state index in [-0.39, 0.29) is 23.7 Å². The van der Waals surface area contributed by atoms with Crippen molar-refractivity contribution in [3.8, 4) is 0 Å². The van der Waals surface area contributed by atoms with Gasteiger partial charge >= 0.3 is 5.97 Å². The van der Waals surface area contributed by atoms with Crippen LogP contribution in [0.4, 0.5) is 0 Å². The molecule has 1 saturated heterocycles. The predicted octanol–water partition coefficient (Wildman–Crippen LogP) is 3.40. The molecule has 1 saturated carbocycles. The third-order valence-corrected chi connectivity index (χ3v) is 5.90. The summed E-state index contributed by atoms with van der Waals surface area (Å²) >= 11 is 6.21. The first kappa shape index (κ1) is 16.3. The molecule has 2 aliphatic rings. The van der Waals surface area contributed by atoms with Crippen LogP contribution in [0.25, 0.3) is 0 Å². The minimum atomic E-state index is -0.801. The van der Waals surface area contributed by atoms with Gasteiger partial charge in [0.2, 0.25) is 5.91 Å². The van der Waals surface area contributed by atoms with Gasteiger partial charge in [-0.05, 0) is 36.3 Å². The second-order valence-corrected chi connectivity index (χ2v) is 7.50. The van der Waals surface area contributed by atoms with E-state index in [0.29, 0.717) is 24.5 Å². The van der Waals surface area contributed by atoms with Gasteiger partial charge in [-0.2, -0.15) is 0 Å². The van der Waals surface area contributed by atoms with Crippen LogP contribution in [0, 0.1) is 17.3 Å². The van der Waals surface area contributed by atoms with Crippen LogP contribution in [-0.2, 0) is 9.59 Å². The Bertz CT molecular complexity index is 645. The van der Waals surface area contributed by atoms with Gasteiger partial charge in [0.25, 0.3) is 0 Å². The summed E-state index contributed by atoms with van der Waals surface area (Å²) in [7, 11) is 0. The first-order valence-electron chi connectivity index (χ1n) is 8.13. The van der Waals surface area contributed by atoms with Gasteiger partial charge in [-0.1, -0.05) is 43.6 Å². The van der Waals surface area contributed by atoms with Gasteiger partial charge in [-0.25, -0.2) is 0 Å². The molecule has 3 rings (SSSR count). The van der Waals surface area contributed by atoms with Crippen molar-refractivity contribution in [2.45, 2.75) is 32.6 Å². The Morgan fingerprint density at radius 3 is 2.61 bits per heavy atom. The summed E-state index contributed by atoms with van der Waals surface area (Å²) in [5.74, 6) is -0.571. The molecular weight excluding hydrogens is 314 g/mol. The lowest BCUT2D eigenvalue weighted by Crippen LogP contribution is -2.41. The van der Waals surface area contributed by atoms with Crippen molar-refractivity contribution in [1.29, 1.82) is 0 Å². The van der Waals surface area contributed by atoms with Crippen molar-refractivity contribution < 1.29 is 14.7 Å². The molecule has 5 heteroatoms. The highest BCUT2D eigenvalue weighted by molar-refractivity contribution is 6.31. The molecule has 1 aromatic carbocycles. The Kier molecular flexibility index (Phi) is 4.13. The fourth-order valence-corrected chi connectivity index (χ4v) is 4.01. The third-order valence-electron chi connectivity index (χ3n) is 5.56. The van der Waals surface area contributed by atoms with E-state index in [0.717, 1.165) is 12.0 Å². The highest BCUT2D eigenvalue weighted by atomic mass is 35.5. The van der Waals surface area contributed by atoms with Crippen molar-refractivity contribution in [3.63, 3.8) is 0 Å². The zero-order chi connectivity index (χ0) is 16.8. The number of halogens is 1. The minimum absolute atomic E-state index is 0.0105. The number of hydrogen-bond donors (Lipinski definition) is 1. The molecule has 1 aliphatic heterocycles. The van der Waals surface area contributed by atoms with Crippen LogP contribution in [0.1, 0.15) is 38.2 Å². The number of carbonyl (C=O) groups excluding carboxylic acids is 1. The summed E-state index contributed by atoms with van der Waals surface area (Å²) in [6.45, 7) is 4.71. The number of amides is 1. The van der Waals surface area contributed by atoms with Crippen LogP contribution in [0.15, 0.2) is 24.3 Å². The number of aliphatic carboxylic acids is 1. The van der Waals surface area contributed by atoms with Gasteiger partial charge in [-0.15, -0.1) is 0 Å². The molecule has 1 aliphatic carbocycles. The molecule has 1 aromatic rings. The number of carboxylic acids is 1. The molecule has 0 spiro atoms. The van der Waals surface area contributed by atoms with Gasteiger partial charge in [-0.3, -0.25) is 9.59 Å². The first-order valence-corrected chi connectivity index (χ1v) is 8.51. The molecule has 124 valence electrons. The summed E-state index contributed by atoms with van der Waals surface area (Å²) in [6, 6.07) is 7.64. The van der Waals surface area contributed by atoms with E-state index in [2.05, 4.69) is 0 Å². The van der Waals surface area contributed by atoms with Crippen molar-refractivity contribution >= 4 is 23.5 Å². The van der Waals surface area contributed by atoms with Gasteiger partial charge < -0.3 is 10.0 Å². The van der Waals surface area contributed by atoms with Gasteiger partial charge in [0.15, 0.2) is 0 Å². The Morgan fingerprint density at radius 2 is 2.04 bits per heavy atom. The molecule has 23 heavy (non-hydrogen) atoms. The number of carbonyl (C=O) groups is 2. The second-order valence-electron chi connectivity index (χ2n) is 7.10. The number of nitrogens with zero attached hydrogens (tertiary/aromatic N) is 1. The van der Waals surface area contributed by atoms with Gasteiger partial charge in [0.1, 0.15) is 0 Å². The van der Waals surface area contributed by atoms with E-state index in [1.54, 1.807) is 4.90 Å². The second kappa shape index (κ2) is 5.82. The lowest BCUT2D eigenvalue weighted by molar-refractivity contribution is -0.151. The van der Waals surface area contributed by atoms with E-state index in [4.69, 9.17) is 11.6 Å². The Balaban J connectivity index is 1.70. The molecule has 1 heterocycles. The molecular formula is C18H22ClNO3. The minimum Gasteiger partial charge on any atom is -0.481 e. The standard InChI is InChI=1S/C18H22ClNO3/c1-11(2)18(17(22)23)7-8-20(10-18)16(21)14-9-13(14)12-5-3-4-6-15(12)19/h3-6,11,13-14H,7-10H2,1-2H3,(H,22,23). The van der Waals surface area contributed by atoms with Crippen molar-refractivity contribution in [1.82, 2.24) is 4.90 Å². The van der Waals surface area contributed by atoms with Gasteiger partial charge in [0, 0.05) is 24.0 Å². The maximum Gasteiger partial charge on any atom is 0.311 e. The quantitative estimate of drug-likeness (QED) is 0.917. The number of rotatable bonds is 4. The van der Waals surface area contributed by atoms with Crippen LogP contribution >= 0.6 is 11.6 Å². The van der Waals surface area contributed by atoms with Crippen molar-refractivity contribution in [2.75, 3.05) is 13.1 Å². The van der Waals surface area contributed by atoms with Crippen LogP contribution in [0.3, 0.4) is 0 Å². The summed E-state index contributed by atoms with van der Waals surface area (Å²) in [4.78, 5) is 26.2. The molecule has 3 unspecified atom stereocenters. The van der Waals surface area contributed by atoms with Crippen LogP contribution < -0.4 is 0 Å².